The highest BCUT2D eigenvalue weighted by molar-refractivity contribution is 5.94. The Morgan fingerprint density at radius 2 is 2.08 bits per heavy atom. The van der Waals surface area contributed by atoms with Gasteiger partial charge < -0.3 is 14.9 Å². The minimum absolute atomic E-state index is 0.0738. The van der Waals surface area contributed by atoms with Crippen molar-refractivity contribution < 1.29 is 14.7 Å². The van der Waals surface area contributed by atoms with Crippen molar-refractivity contribution in [3.63, 3.8) is 0 Å². The molecule has 1 spiro atoms. The molecule has 1 atom stereocenters. The summed E-state index contributed by atoms with van der Waals surface area (Å²) in [4.78, 5) is 32.9. The van der Waals surface area contributed by atoms with Crippen molar-refractivity contribution in [2.75, 3.05) is 26.2 Å². The molecule has 0 radical (unpaired) electrons. The number of β-amino-alcohol motifs (C(OH)–C–C–N with tert-alkyl or cyclic N) is 1. The van der Waals surface area contributed by atoms with E-state index in [1.807, 2.05) is 22.8 Å². The number of aliphatic hydroxyl groups excluding tert-OH is 1. The van der Waals surface area contributed by atoms with Crippen molar-refractivity contribution in [2.24, 2.45) is 5.41 Å². The lowest BCUT2D eigenvalue weighted by Gasteiger charge is -2.47. The van der Waals surface area contributed by atoms with E-state index in [0.717, 1.165) is 44.5 Å². The van der Waals surface area contributed by atoms with Gasteiger partial charge in [0, 0.05) is 50.1 Å². The van der Waals surface area contributed by atoms with E-state index in [1.54, 1.807) is 19.2 Å². The van der Waals surface area contributed by atoms with Gasteiger partial charge >= 0.3 is 0 Å². The fraction of sp³-hybridized carbons (Fsp3) is 0.650. The zero-order chi connectivity index (χ0) is 18.7. The molecule has 142 valence electrons. The number of aliphatic hydroxyl groups is 1. The number of carbonyl (C=O) groups excluding carboxylic acids is 2. The molecule has 2 fully saturated rings. The second-order valence-corrected chi connectivity index (χ2v) is 7.80. The Labute approximate surface area is 155 Å². The van der Waals surface area contributed by atoms with Crippen LogP contribution in [-0.2, 0) is 11.2 Å². The van der Waals surface area contributed by atoms with E-state index in [0.29, 0.717) is 25.1 Å². The summed E-state index contributed by atoms with van der Waals surface area (Å²) in [5.74, 6) is 0.212. The molecule has 2 amide bonds. The molecule has 0 saturated carbocycles. The van der Waals surface area contributed by atoms with Crippen LogP contribution in [-0.4, -0.2) is 64.0 Å². The molecule has 0 aromatic carbocycles. The number of carbonyl (C=O) groups is 2. The van der Waals surface area contributed by atoms with Crippen LogP contribution in [0.15, 0.2) is 18.3 Å². The molecule has 6 heteroatoms. The predicted octanol–water partition coefficient (Wildman–Crippen LogP) is 1.87. The van der Waals surface area contributed by atoms with Crippen molar-refractivity contribution in [3.8, 4) is 0 Å². The number of hydrogen-bond acceptors (Lipinski definition) is 4. The molecule has 1 aromatic rings. The number of likely N-dealkylation sites (tertiary alicyclic amines) is 2. The number of aryl methyl sites for hydroxylation is 1. The average molecular weight is 359 g/mol. The third-order valence-corrected chi connectivity index (χ3v) is 5.77. The van der Waals surface area contributed by atoms with E-state index in [4.69, 9.17) is 0 Å². The van der Waals surface area contributed by atoms with Crippen LogP contribution < -0.4 is 0 Å². The second kappa shape index (κ2) is 7.74. The molecule has 2 aliphatic heterocycles. The second-order valence-electron chi connectivity index (χ2n) is 7.80. The molecule has 2 saturated heterocycles. The zero-order valence-corrected chi connectivity index (χ0v) is 15.8. The average Bonchev–Trinajstić information content (AvgIpc) is 2.65. The van der Waals surface area contributed by atoms with Crippen molar-refractivity contribution in [1.29, 1.82) is 0 Å². The van der Waals surface area contributed by atoms with E-state index >= 15 is 0 Å². The van der Waals surface area contributed by atoms with Crippen molar-refractivity contribution >= 4 is 11.8 Å². The maximum absolute atomic E-state index is 12.8. The van der Waals surface area contributed by atoms with Crippen LogP contribution in [0.2, 0.25) is 0 Å². The van der Waals surface area contributed by atoms with Gasteiger partial charge in [0.15, 0.2) is 0 Å². The number of aromatic nitrogens is 1. The summed E-state index contributed by atoms with van der Waals surface area (Å²) in [6.45, 7) is 6.30. The molecule has 1 unspecified atom stereocenters. The molecule has 6 nitrogen and oxygen atoms in total. The van der Waals surface area contributed by atoms with Gasteiger partial charge in [0.1, 0.15) is 0 Å². The number of rotatable bonds is 4. The first kappa shape index (κ1) is 18.8. The highest BCUT2D eigenvalue weighted by Crippen LogP contribution is 2.40. The molecule has 3 heterocycles. The van der Waals surface area contributed by atoms with Gasteiger partial charge in [0.05, 0.1) is 6.10 Å². The van der Waals surface area contributed by atoms with Gasteiger partial charge in [-0.3, -0.25) is 14.6 Å². The molecule has 26 heavy (non-hydrogen) atoms. The highest BCUT2D eigenvalue weighted by Gasteiger charge is 2.41. The maximum Gasteiger partial charge on any atom is 0.253 e. The number of piperidine rings is 2. The Balaban J connectivity index is 1.63. The first-order chi connectivity index (χ1) is 12.4. The predicted molar refractivity (Wildman–Crippen MR) is 98.7 cm³/mol. The molecular formula is C20H29N3O3. The van der Waals surface area contributed by atoms with E-state index in [2.05, 4.69) is 4.98 Å². The van der Waals surface area contributed by atoms with Gasteiger partial charge in [-0.15, -0.1) is 0 Å². The topological polar surface area (TPSA) is 73.7 Å². The Morgan fingerprint density at radius 1 is 1.35 bits per heavy atom. The van der Waals surface area contributed by atoms with Crippen LogP contribution in [0.5, 0.6) is 0 Å². The first-order valence-electron chi connectivity index (χ1n) is 9.62. The van der Waals surface area contributed by atoms with Crippen LogP contribution in [0.4, 0.5) is 0 Å². The highest BCUT2D eigenvalue weighted by atomic mass is 16.3. The maximum atomic E-state index is 12.8. The number of amides is 2. The van der Waals surface area contributed by atoms with E-state index in [1.165, 1.54) is 0 Å². The summed E-state index contributed by atoms with van der Waals surface area (Å²) in [5, 5.41) is 9.64. The van der Waals surface area contributed by atoms with Crippen LogP contribution in [0.1, 0.15) is 55.6 Å². The van der Waals surface area contributed by atoms with Crippen LogP contribution >= 0.6 is 0 Å². The van der Waals surface area contributed by atoms with Crippen molar-refractivity contribution in [1.82, 2.24) is 14.8 Å². The molecule has 1 N–H and O–H groups in total. The Hall–Kier alpha value is -1.95. The van der Waals surface area contributed by atoms with E-state index < -0.39 is 6.10 Å². The third kappa shape index (κ3) is 4.06. The lowest BCUT2D eigenvalue weighted by atomic mass is 9.72. The van der Waals surface area contributed by atoms with Gasteiger partial charge in [0.25, 0.3) is 5.91 Å². The lowest BCUT2D eigenvalue weighted by Crippen LogP contribution is -2.53. The summed E-state index contributed by atoms with van der Waals surface area (Å²) >= 11 is 0. The SMILES string of the molecule is CCc1cc(C(=O)N2CCC3(CCC(=O)N(CC(C)O)C3)CC2)ccn1. The fourth-order valence-electron chi connectivity index (χ4n) is 4.17. The third-order valence-electron chi connectivity index (χ3n) is 5.77. The molecular weight excluding hydrogens is 330 g/mol. The standard InChI is InChI=1S/C20H29N3O3/c1-3-17-12-16(5-9-21-17)19(26)22-10-7-20(8-11-22)6-4-18(25)23(14-20)13-15(2)24/h5,9,12,15,24H,3-4,6-8,10-11,13-14H2,1-2H3. The summed E-state index contributed by atoms with van der Waals surface area (Å²) < 4.78 is 0. The molecule has 0 aliphatic carbocycles. The van der Waals surface area contributed by atoms with Gasteiger partial charge in [-0.2, -0.15) is 0 Å². The largest absolute Gasteiger partial charge is 0.392 e. The minimum Gasteiger partial charge on any atom is -0.392 e. The van der Waals surface area contributed by atoms with Gasteiger partial charge in [0.2, 0.25) is 5.91 Å². The Morgan fingerprint density at radius 3 is 2.73 bits per heavy atom. The number of pyridine rings is 1. The van der Waals surface area contributed by atoms with Crippen molar-refractivity contribution in [3.05, 3.63) is 29.6 Å². The van der Waals surface area contributed by atoms with Crippen LogP contribution in [0, 0.1) is 5.41 Å². The monoisotopic (exact) mass is 359 g/mol. The van der Waals surface area contributed by atoms with Gasteiger partial charge in [-0.05, 0) is 50.2 Å². The quantitative estimate of drug-likeness (QED) is 0.891. The smallest absolute Gasteiger partial charge is 0.253 e. The number of hydrogen-bond donors (Lipinski definition) is 1. The summed E-state index contributed by atoms with van der Waals surface area (Å²) in [6.07, 6.45) is 5.28. The van der Waals surface area contributed by atoms with Crippen LogP contribution in [0.25, 0.3) is 0 Å². The Bertz CT molecular complexity index is 666. The molecule has 2 aliphatic rings. The fourth-order valence-corrected chi connectivity index (χ4v) is 4.17. The minimum atomic E-state index is -0.504. The summed E-state index contributed by atoms with van der Waals surface area (Å²) in [5.41, 5.74) is 1.73. The van der Waals surface area contributed by atoms with Gasteiger partial charge in [-0.1, -0.05) is 6.92 Å². The van der Waals surface area contributed by atoms with E-state index in [9.17, 15) is 14.7 Å². The normalized spacial score (nSPS) is 21.1. The Kier molecular flexibility index (Phi) is 5.61. The number of nitrogens with zero attached hydrogens (tertiary/aromatic N) is 3. The summed E-state index contributed by atoms with van der Waals surface area (Å²) in [6, 6.07) is 3.67. The van der Waals surface area contributed by atoms with Gasteiger partial charge in [-0.25, -0.2) is 0 Å². The zero-order valence-electron chi connectivity index (χ0n) is 15.8. The van der Waals surface area contributed by atoms with Crippen molar-refractivity contribution in [2.45, 2.75) is 52.1 Å². The summed E-state index contributed by atoms with van der Waals surface area (Å²) in [7, 11) is 0. The van der Waals surface area contributed by atoms with Crippen LogP contribution in [0.3, 0.4) is 0 Å². The molecule has 3 rings (SSSR count). The lowest BCUT2D eigenvalue weighted by molar-refractivity contribution is -0.140. The molecule has 1 aromatic heterocycles. The molecule has 0 bridgehead atoms. The van der Waals surface area contributed by atoms with E-state index in [-0.39, 0.29) is 17.2 Å². The first-order valence-corrected chi connectivity index (χ1v) is 9.62.